The predicted molar refractivity (Wildman–Crippen MR) is 109 cm³/mol. The number of anilines is 1. The van der Waals surface area contributed by atoms with Crippen molar-refractivity contribution in [3.05, 3.63) is 34.7 Å². The standard InChI is InChI=1S/C19H22N2O3S2/c1-3-4-10-20-14-9-6-5-8-13(14)15(17(20)22)16-18(23)21(19(25)26-16)11-7-12-24-2/h5-6,8-9H,3-4,7,10-12H2,1-2H3. The number of carbonyl (C=O) groups is 2. The van der Waals surface area contributed by atoms with Gasteiger partial charge in [0.25, 0.3) is 11.8 Å². The smallest absolute Gasteiger partial charge is 0.267 e. The summed E-state index contributed by atoms with van der Waals surface area (Å²) in [6.07, 6.45) is 2.63. The Hall–Kier alpha value is -1.70. The molecule has 1 aromatic carbocycles. The number of amides is 2. The number of unbranched alkanes of at least 4 members (excludes halogenated alkanes) is 1. The van der Waals surface area contributed by atoms with Gasteiger partial charge in [-0.25, -0.2) is 0 Å². The largest absolute Gasteiger partial charge is 0.385 e. The Labute approximate surface area is 163 Å². The summed E-state index contributed by atoms with van der Waals surface area (Å²) >= 11 is 6.61. The molecule has 0 aromatic heterocycles. The van der Waals surface area contributed by atoms with Crippen LogP contribution in [0.1, 0.15) is 31.7 Å². The van der Waals surface area contributed by atoms with Crippen molar-refractivity contribution in [2.75, 3.05) is 31.7 Å². The van der Waals surface area contributed by atoms with Crippen molar-refractivity contribution in [3.63, 3.8) is 0 Å². The van der Waals surface area contributed by atoms with Gasteiger partial charge in [-0.3, -0.25) is 14.5 Å². The van der Waals surface area contributed by atoms with E-state index in [0.29, 0.717) is 40.9 Å². The van der Waals surface area contributed by atoms with Gasteiger partial charge in [-0.05, 0) is 18.9 Å². The number of thiocarbonyl (C=S) groups is 1. The van der Waals surface area contributed by atoms with Crippen LogP contribution in [0.3, 0.4) is 0 Å². The summed E-state index contributed by atoms with van der Waals surface area (Å²) in [5.41, 5.74) is 2.19. The van der Waals surface area contributed by atoms with Crippen LogP contribution in [0.4, 0.5) is 5.69 Å². The number of benzene rings is 1. The molecule has 1 aromatic rings. The van der Waals surface area contributed by atoms with Gasteiger partial charge < -0.3 is 9.64 Å². The molecule has 0 bridgehead atoms. The molecule has 0 unspecified atom stereocenters. The first-order valence-corrected chi connectivity index (χ1v) is 10.0. The van der Waals surface area contributed by atoms with Gasteiger partial charge >= 0.3 is 0 Å². The van der Waals surface area contributed by atoms with Gasteiger partial charge in [0.1, 0.15) is 4.32 Å². The molecule has 2 aliphatic heterocycles. The van der Waals surface area contributed by atoms with Crippen LogP contribution in [-0.4, -0.2) is 47.8 Å². The number of para-hydroxylation sites is 1. The molecule has 5 nitrogen and oxygen atoms in total. The van der Waals surface area contributed by atoms with Gasteiger partial charge in [0, 0.05) is 32.4 Å². The van der Waals surface area contributed by atoms with E-state index >= 15 is 0 Å². The highest BCUT2D eigenvalue weighted by molar-refractivity contribution is 8.26. The van der Waals surface area contributed by atoms with Gasteiger partial charge in [-0.1, -0.05) is 55.5 Å². The monoisotopic (exact) mass is 390 g/mol. The Morgan fingerprint density at radius 1 is 1.08 bits per heavy atom. The normalized spacial score (nSPS) is 19.7. The van der Waals surface area contributed by atoms with E-state index in [9.17, 15) is 9.59 Å². The number of rotatable bonds is 7. The van der Waals surface area contributed by atoms with E-state index in [-0.39, 0.29) is 11.8 Å². The minimum Gasteiger partial charge on any atom is -0.385 e. The van der Waals surface area contributed by atoms with Gasteiger partial charge in [-0.15, -0.1) is 0 Å². The summed E-state index contributed by atoms with van der Waals surface area (Å²) in [5.74, 6) is -0.274. The lowest BCUT2D eigenvalue weighted by Gasteiger charge is -2.16. The quantitative estimate of drug-likeness (QED) is 0.406. The Balaban J connectivity index is 1.96. The van der Waals surface area contributed by atoms with Crippen molar-refractivity contribution >= 4 is 51.4 Å². The van der Waals surface area contributed by atoms with Crippen LogP contribution in [0.15, 0.2) is 29.2 Å². The second-order valence-electron chi connectivity index (χ2n) is 6.20. The molecule has 2 aliphatic rings. The van der Waals surface area contributed by atoms with Crippen LogP contribution in [0.2, 0.25) is 0 Å². The Morgan fingerprint density at radius 2 is 1.81 bits per heavy atom. The SMILES string of the molecule is CCCCN1C(=O)C(=C2SC(=S)N(CCCOC)C2=O)c2ccccc21. The summed E-state index contributed by atoms with van der Waals surface area (Å²) in [7, 11) is 1.63. The van der Waals surface area contributed by atoms with Crippen molar-refractivity contribution in [1.29, 1.82) is 0 Å². The second kappa shape index (κ2) is 8.33. The molecule has 2 amide bonds. The summed E-state index contributed by atoms with van der Waals surface area (Å²) < 4.78 is 5.56. The highest BCUT2D eigenvalue weighted by Crippen LogP contribution is 2.44. The number of methoxy groups -OCH3 is 1. The first-order valence-electron chi connectivity index (χ1n) is 8.78. The van der Waals surface area contributed by atoms with Gasteiger partial charge in [0.05, 0.1) is 16.2 Å². The van der Waals surface area contributed by atoms with Crippen LogP contribution >= 0.6 is 24.0 Å². The fourth-order valence-corrected chi connectivity index (χ4v) is 4.53. The molecule has 0 atom stereocenters. The van der Waals surface area contributed by atoms with E-state index in [1.165, 1.54) is 11.8 Å². The first-order chi connectivity index (χ1) is 12.6. The van der Waals surface area contributed by atoms with E-state index in [1.54, 1.807) is 16.9 Å². The average molecular weight is 391 g/mol. The number of nitrogens with zero attached hydrogens (tertiary/aromatic N) is 2. The lowest BCUT2D eigenvalue weighted by Crippen LogP contribution is -2.31. The molecule has 1 saturated heterocycles. The van der Waals surface area contributed by atoms with Gasteiger partial charge in [0.15, 0.2) is 0 Å². The van der Waals surface area contributed by atoms with Crippen LogP contribution in [0.25, 0.3) is 5.57 Å². The van der Waals surface area contributed by atoms with Gasteiger partial charge in [0.2, 0.25) is 0 Å². The zero-order chi connectivity index (χ0) is 18.7. The van der Waals surface area contributed by atoms with E-state index < -0.39 is 0 Å². The third-order valence-corrected chi connectivity index (χ3v) is 5.91. The molecule has 2 heterocycles. The molecule has 138 valence electrons. The third kappa shape index (κ3) is 3.43. The molecule has 3 rings (SSSR count). The summed E-state index contributed by atoms with van der Waals surface area (Å²) in [4.78, 5) is 29.8. The minimum atomic E-state index is -0.174. The molecule has 0 aliphatic carbocycles. The van der Waals surface area contributed by atoms with Crippen LogP contribution in [0.5, 0.6) is 0 Å². The van der Waals surface area contributed by atoms with E-state index in [2.05, 4.69) is 6.92 Å². The van der Waals surface area contributed by atoms with Crippen LogP contribution < -0.4 is 4.90 Å². The summed E-state index contributed by atoms with van der Waals surface area (Å²) in [5, 5.41) is 0. The maximum Gasteiger partial charge on any atom is 0.267 e. The number of hydrogen-bond donors (Lipinski definition) is 0. The Kier molecular flexibility index (Phi) is 6.11. The van der Waals surface area contributed by atoms with Crippen molar-refractivity contribution in [2.24, 2.45) is 0 Å². The molecule has 0 N–H and O–H groups in total. The fraction of sp³-hybridized carbons (Fsp3) is 0.421. The number of thioether (sulfide) groups is 1. The predicted octanol–water partition coefficient (Wildman–Crippen LogP) is 3.44. The molecular weight excluding hydrogens is 368 g/mol. The second-order valence-corrected chi connectivity index (χ2v) is 7.85. The third-order valence-electron chi connectivity index (χ3n) is 4.46. The van der Waals surface area contributed by atoms with E-state index in [0.717, 1.165) is 24.1 Å². The minimum absolute atomic E-state index is 0.1000. The molecule has 0 saturated carbocycles. The van der Waals surface area contributed by atoms with Crippen molar-refractivity contribution in [3.8, 4) is 0 Å². The Bertz CT molecular complexity index is 776. The molecule has 0 spiro atoms. The maximum atomic E-state index is 13.1. The highest BCUT2D eigenvalue weighted by Gasteiger charge is 2.41. The maximum absolute atomic E-state index is 13.1. The molecule has 1 fully saturated rings. The first kappa shape index (κ1) is 19.1. The van der Waals surface area contributed by atoms with Crippen molar-refractivity contribution < 1.29 is 14.3 Å². The van der Waals surface area contributed by atoms with E-state index in [1.807, 2.05) is 24.3 Å². The van der Waals surface area contributed by atoms with Gasteiger partial charge in [-0.2, -0.15) is 0 Å². The zero-order valence-electron chi connectivity index (χ0n) is 15.0. The molecule has 26 heavy (non-hydrogen) atoms. The number of ether oxygens (including phenoxy) is 1. The topological polar surface area (TPSA) is 49.9 Å². The number of fused-ring (bicyclic) bond motifs is 1. The van der Waals surface area contributed by atoms with Crippen LogP contribution in [0, 0.1) is 0 Å². The van der Waals surface area contributed by atoms with Crippen molar-refractivity contribution in [2.45, 2.75) is 26.2 Å². The summed E-state index contributed by atoms with van der Waals surface area (Å²) in [6.45, 7) is 3.82. The van der Waals surface area contributed by atoms with Crippen molar-refractivity contribution in [1.82, 2.24) is 4.90 Å². The molecule has 0 radical (unpaired) electrons. The fourth-order valence-electron chi connectivity index (χ4n) is 3.15. The zero-order valence-corrected chi connectivity index (χ0v) is 16.6. The summed E-state index contributed by atoms with van der Waals surface area (Å²) in [6, 6.07) is 7.67. The molecular formula is C19H22N2O3S2. The highest BCUT2D eigenvalue weighted by atomic mass is 32.2. The van der Waals surface area contributed by atoms with E-state index in [4.69, 9.17) is 17.0 Å². The number of carbonyl (C=O) groups excluding carboxylic acids is 2. The van der Waals surface area contributed by atoms with Crippen LogP contribution in [-0.2, 0) is 14.3 Å². The average Bonchev–Trinajstić information content (AvgIpc) is 3.07. The Morgan fingerprint density at radius 3 is 2.54 bits per heavy atom. The number of hydrogen-bond acceptors (Lipinski definition) is 5. The lowest BCUT2D eigenvalue weighted by atomic mass is 10.1. The lowest BCUT2D eigenvalue weighted by molar-refractivity contribution is -0.122. The molecule has 7 heteroatoms.